The summed E-state index contributed by atoms with van der Waals surface area (Å²) >= 11 is 0. The number of hydrogen-bond acceptors (Lipinski definition) is 3. The second kappa shape index (κ2) is 8.74. The Labute approximate surface area is 142 Å². The number of nitrogens with one attached hydrogen (secondary N) is 2. The summed E-state index contributed by atoms with van der Waals surface area (Å²) in [5.41, 5.74) is 3.25. The molecule has 0 saturated heterocycles. The van der Waals surface area contributed by atoms with Gasteiger partial charge in [0.2, 0.25) is 0 Å². The number of carbonyl (C=O) groups is 1. The Morgan fingerprint density at radius 3 is 2.62 bits per heavy atom. The predicted octanol–water partition coefficient (Wildman–Crippen LogP) is 3.46. The number of rotatable bonds is 7. The average Bonchev–Trinajstić information content (AvgIpc) is 2.58. The van der Waals surface area contributed by atoms with Crippen molar-refractivity contribution in [3.8, 4) is 5.75 Å². The van der Waals surface area contributed by atoms with Gasteiger partial charge in [-0.15, -0.1) is 0 Å². The molecule has 0 fully saturated rings. The minimum absolute atomic E-state index is 0.0540. The number of urea groups is 1. The van der Waals surface area contributed by atoms with E-state index in [0.29, 0.717) is 24.6 Å². The molecule has 0 atom stereocenters. The molecule has 2 rings (SSSR count). The summed E-state index contributed by atoms with van der Waals surface area (Å²) in [6.07, 6.45) is 0. The van der Waals surface area contributed by atoms with Gasteiger partial charge in [-0.3, -0.25) is 0 Å². The van der Waals surface area contributed by atoms with E-state index >= 15 is 0 Å². The van der Waals surface area contributed by atoms with Gasteiger partial charge in [-0.05, 0) is 35.8 Å². The number of ether oxygens (including phenoxy) is 1. The van der Waals surface area contributed by atoms with Gasteiger partial charge in [0.15, 0.2) is 0 Å². The molecule has 0 saturated carbocycles. The fourth-order valence-corrected chi connectivity index (χ4v) is 2.11. The number of carbonyl (C=O) groups excluding carboxylic acids is 1. The minimum atomic E-state index is -0.320. The first-order chi connectivity index (χ1) is 11.6. The van der Waals surface area contributed by atoms with Crippen LogP contribution in [0.1, 0.15) is 18.1 Å². The summed E-state index contributed by atoms with van der Waals surface area (Å²) in [5.74, 6) is 0.668. The molecule has 5 heteroatoms. The van der Waals surface area contributed by atoms with Crippen LogP contribution in [-0.4, -0.2) is 17.7 Å². The fraction of sp³-hybridized carbons (Fsp3) is 0.211. The molecule has 0 spiro atoms. The zero-order chi connectivity index (χ0) is 17.4. The van der Waals surface area contributed by atoms with Crippen molar-refractivity contribution in [1.82, 2.24) is 5.32 Å². The molecule has 0 radical (unpaired) electrons. The third kappa shape index (κ3) is 5.44. The molecule has 126 valence electrons. The average molecular weight is 326 g/mol. The smallest absolute Gasteiger partial charge is 0.319 e. The lowest BCUT2D eigenvalue weighted by Crippen LogP contribution is -2.28. The van der Waals surface area contributed by atoms with E-state index in [1.165, 1.54) is 0 Å². The summed E-state index contributed by atoms with van der Waals surface area (Å²) in [6, 6.07) is 14.3. The summed E-state index contributed by atoms with van der Waals surface area (Å²) in [7, 11) is 0. The van der Waals surface area contributed by atoms with E-state index in [-0.39, 0.29) is 12.6 Å². The van der Waals surface area contributed by atoms with Crippen LogP contribution in [0, 0.1) is 0 Å². The summed E-state index contributed by atoms with van der Waals surface area (Å²) in [5, 5.41) is 14.8. The van der Waals surface area contributed by atoms with Gasteiger partial charge in [-0.1, -0.05) is 36.9 Å². The van der Waals surface area contributed by atoms with Crippen molar-refractivity contribution in [3.05, 3.63) is 71.8 Å². The van der Waals surface area contributed by atoms with Crippen molar-refractivity contribution < 1.29 is 14.6 Å². The highest BCUT2D eigenvalue weighted by atomic mass is 16.5. The molecule has 0 aliphatic rings. The van der Waals surface area contributed by atoms with Crippen molar-refractivity contribution in [2.45, 2.75) is 20.1 Å². The fourth-order valence-electron chi connectivity index (χ4n) is 2.11. The van der Waals surface area contributed by atoms with Crippen molar-refractivity contribution in [1.29, 1.82) is 0 Å². The Kier molecular flexibility index (Phi) is 6.40. The third-order valence-corrected chi connectivity index (χ3v) is 3.31. The van der Waals surface area contributed by atoms with Gasteiger partial charge < -0.3 is 20.5 Å². The Morgan fingerprint density at radius 1 is 1.17 bits per heavy atom. The van der Waals surface area contributed by atoms with Crippen LogP contribution in [0.5, 0.6) is 5.75 Å². The first-order valence-electron chi connectivity index (χ1n) is 7.68. The van der Waals surface area contributed by atoms with E-state index in [0.717, 1.165) is 16.7 Å². The first kappa shape index (κ1) is 17.6. The number of anilines is 1. The Morgan fingerprint density at radius 2 is 1.92 bits per heavy atom. The van der Waals surface area contributed by atoms with Gasteiger partial charge in [0.05, 0.1) is 6.61 Å². The zero-order valence-corrected chi connectivity index (χ0v) is 13.7. The van der Waals surface area contributed by atoms with E-state index in [9.17, 15) is 9.90 Å². The molecule has 3 N–H and O–H groups in total. The summed E-state index contributed by atoms with van der Waals surface area (Å²) in [6.45, 7) is 6.40. The lowest BCUT2D eigenvalue weighted by Gasteiger charge is -2.11. The van der Waals surface area contributed by atoms with Crippen LogP contribution >= 0.6 is 0 Å². The number of hydrogen-bond donors (Lipinski definition) is 3. The lowest BCUT2D eigenvalue weighted by atomic mass is 10.1. The molecular formula is C19H22N2O3. The largest absolute Gasteiger partial charge is 0.489 e. The Hall–Kier alpha value is -2.79. The molecule has 0 bridgehead atoms. The van der Waals surface area contributed by atoms with E-state index in [2.05, 4.69) is 17.2 Å². The monoisotopic (exact) mass is 326 g/mol. The van der Waals surface area contributed by atoms with E-state index < -0.39 is 0 Å². The first-order valence-corrected chi connectivity index (χ1v) is 7.68. The second-order valence-electron chi connectivity index (χ2n) is 5.51. The van der Waals surface area contributed by atoms with Crippen LogP contribution in [0.4, 0.5) is 10.5 Å². The highest BCUT2D eigenvalue weighted by Crippen LogP contribution is 2.18. The van der Waals surface area contributed by atoms with Gasteiger partial charge in [0, 0.05) is 18.3 Å². The van der Waals surface area contributed by atoms with Crippen molar-refractivity contribution in [3.63, 3.8) is 0 Å². The molecule has 24 heavy (non-hydrogen) atoms. The third-order valence-electron chi connectivity index (χ3n) is 3.31. The van der Waals surface area contributed by atoms with E-state index in [1.807, 2.05) is 43.3 Å². The van der Waals surface area contributed by atoms with E-state index in [1.54, 1.807) is 12.1 Å². The highest BCUT2D eigenvalue weighted by Gasteiger charge is 2.05. The molecule has 0 aliphatic carbocycles. The maximum atomic E-state index is 12.0. The van der Waals surface area contributed by atoms with Crippen LogP contribution in [0.25, 0.3) is 0 Å². The number of aliphatic hydroxyl groups excluding tert-OH is 1. The summed E-state index contributed by atoms with van der Waals surface area (Å²) < 4.78 is 5.55. The predicted molar refractivity (Wildman–Crippen MR) is 95.0 cm³/mol. The quantitative estimate of drug-likeness (QED) is 0.683. The van der Waals surface area contributed by atoms with Crippen LogP contribution in [0.15, 0.2) is 60.7 Å². The van der Waals surface area contributed by atoms with Crippen LogP contribution in [0.2, 0.25) is 0 Å². The number of amides is 2. The van der Waals surface area contributed by atoms with Crippen molar-refractivity contribution in [2.24, 2.45) is 0 Å². The molecule has 2 aromatic rings. The lowest BCUT2D eigenvalue weighted by molar-refractivity contribution is 0.251. The highest BCUT2D eigenvalue weighted by molar-refractivity contribution is 5.89. The Bertz CT molecular complexity index is 713. The normalized spacial score (nSPS) is 10.1. The van der Waals surface area contributed by atoms with Gasteiger partial charge >= 0.3 is 6.03 Å². The van der Waals surface area contributed by atoms with Gasteiger partial charge in [-0.25, -0.2) is 4.79 Å². The molecule has 5 nitrogen and oxygen atoms in total. The van der Waals surface area contributed by atoms with Crippen LogP contribution in [0.3, 0.4) is 0 Å². The van der Waals surface area contributed by atoms with Crippen LogP contribution < -0.4 is 15.4 Å². The van der Waals surface area contributed by atoms with E-state index in [4.69, 9.17) is 4.74 Å². The zero-order valence-electron chi connectivity index (χ0n) is 13.7. The van der Waals surface area contributed by atoms with Crippen molar-refractivity contribution in [2.75, 3.05) is 11.9 Å². The molecule has 0 aromatic heterocycles. The van der Waals surface area contributed by atoms with Gasteiger partial charge in [0.1, 0.15) is 12.4 Å². The number of benzene rings is 2. The molecule has 2 amide bonds. The molecule has 2 aromatic carbocycles. The van der Waals surface area contributed by atoms with Gasteiger partial charge in [-0.2, -0.15) is 0 Å². The maximum absolute atomic E-state index is 12.0. The maximum Gasteiger partial charge on any atom is 0.319 e. The summed E-state index contributed by atoms with van der Waals surface area (Å²) in [4.78, 5) is 12.0. The standard InChI is InChI=1S/C19H22N2O3/c1-14(2)13-24-18-9-5-8-17(10-18)21-19(23)20-11-15-6-3-4-7-16(15)12-22/h3-10,22H,1,11-13H2,2H3,(H2,20,21,23). The number of aliphatic hydroxyl groups is 1. The van der Waals surface area contributed by atoms with Crippen molar-refractivity contribution >= 4 is 11.7 Å². The van der Waals surface area contributed by atoms with Gasteiger partial charge in [0.25, 0.3) is 0 Å². The topological polar surface area (TPSA) is 70.6 Å². The molecule has 0 heterocycles. The molecule has 0 aliphatic heterocycles. The second-order valence-corrected chi connectivity index (χ2v) is 5.51. The molecular weight excluding hydrogens is 304 g/mol. The SMILES string of the molecule is C=C(C)COc1cccc(NC(=O)NCc2ccccc2CO)c1. The Balaban J connectivity index is 1.90. The molecule has 0 unspecified atom stereocenters. The van der Waals surface area contributed by atoms with Crippen LogP contribution in [-0.2, 0) is 13.2 Å². The minimum Gasteiger partial charge on any atom is -0.489 e.